The highest BCUT2D eigenvalue weighted by Gasteiger charge is 2.35. The zero-order chi connectivity index (χ0) is 20.1. The minimum atomic E-state index is -0.902. The molecule has 0 aromatic heterocycles. The van der Waals surface area contributed by atoms with Crippen molar-refractivity contribution in [3.63, 3.8) is 0 Å². The molecule has 1 atom stereocenters. The minimum Gasteiger partial charge on any atom is -0.484 e. The molecule has 0 spiro atoms. The third-order valence-electron chi connectivity index (χ3n) is 4.82. The van der Waals surface area contributed by atoms with Gasteiger partial charge in [-0.25, -0.2) is 0 Å². The minimum absolute atomic E-state index is 0.101. The van der Waals surface area contributed by atoms with E-state index in [1.807, 2.05) is 0 Å². The highest BCUT2D eigenvalue weighted by atomic mass is 16.5. The first-order chi connectivity index (χ1) is 13.5. The monoisotopic (exact) mass is 389 g/mol. The van der Waals surface area contributed by atoms with Crippen LogP contribution in [-0.4, -0.2) is 68.0 Å². The van der Waals surface area contributed by atoms with E-state index in [4.69, 9.17) is 4.74 Å². The fourth-order valence-corrected chi connectivity index (χ4v) is 3.33. The normalized spacial score (nSPS) is 19.4. The van der Waals surface area contributed by atoms with Gasteiger partial charge in [0, 0.05) is 31.7 Å². The average Bonchev–Trinajstić information content (AvgIpc) is 3.13. The predicted molar refractivity (Wildman–Crippen MR) is 98.7 cm³/mol. The van der Waals surface area contributed by atoms with Crippen molar-refractivity contribution in [1.29, 1.82) is 0 Å². The van der Waals surface area contributed by atoms with E-state index in [0.717, 1.165) is 12.1 Å². The molecule has 0 unspecified atom stereocenters. The number of anilines is 1. The number of carbonyl (C=O) groups is 4. The molecular weight excluding hydrogens is 366 g/mol. The number of piperazine rings is 1. The van der Waals surface area contributed by atoms with Gasteiger partial charge in [0.1, 0.15) is 11.8 Å². The Morgan fingerprint density at radius 2 is 1.93 bits per heavy atom. The van der Waals surface area contributed by atoms with E-state index in [-0.39, 0.29) is 30.7 Å². The molecule has 2 heterocycles. The second-order valence-corrected chi connectivity index (χ2v) is 6.61. The number of nitrogens with zero attached hydrogens (tertiary/aromatic N) is 2. The number of rotatable bonds is 6. The molecule has 2 fully saturated rings. The number of ether oxygens (including phenoxy) is 2. The summed E-state index contributed by atoms with van der Waals surface area (Å²) in [7, 11) is 1.23. The van der Waals surface area contributed by atoms with Gasteiger partial charge in [-0.2, -0.15) is 0 Å². The molecule has 0 saturated carbocycles. The van der Waals surface area contributed by atoms with Crippen molar-refractivity contribution in [2.75, 3.05) is 38.3 Å². The van der Waals surface area contributed by atoms with Crippen LogP contribution in [-0.2, 0) is 23.9 Å². The van der Waals surface area contributed by atoms with Crippen molar-refractivity contribution < 1.29 is 28.7 Å². The average molecular weight is 389 g/mol. The highest BCUT2D eigenvalue weighted by Crippen LogP contribution is 2.24. The fraction of sp³-hybridized carbons (Fsp3) is 0.474. The molecule has 2 aliphatic heterocycles. The number of esters is 1. The summed E-state index contributed by atoms with van der Waals surface area (Å²) in [4.78, 5) is 51.0. The fourth-order valence-electron chi connectivity index (χ4n) is 3.33. The molecule has 150 valence electrons. The van der Waals surface area contributed by atoms with Crippen molar-refractivity contribution >= 4 is 29.4 Å². The van der Waals surface area contributed by atoms with Crippen molar-refractivity contribution in [1.82, 2.24) is 10.2 Å². The van der Waals surface area contributed by atoms with E-state index >= 15 is 0 Å². The van der Waals surface area contributed by atoms with E-state index in [2.05, 4.69) is 10.1 Å². The van der Waals surface area contributed by atoms with Crippen molar-refractivity contribution in [3.05, 3.63) is 24.3 Å². The highest BCUT2D eigenvalue weighted by molar-refractivity contribution is 5.95. The maximum absolute atomic E-state index is 12.5. The van der Waals surface area contributed by atoms with Crippen LogP contribution >= 0.6 is 0 Å². The lowest BCUT2D eigenvalue weighted by Crippen LogP contribution is -2.58. The van der Waals surface area contributed by atoms with Crippen LogP contribution in [0.5, 0.6) is 5.75 Å². The summed E-state index contributed by atoms with van der Waals surface area (Å²) in [6.07, 6.45) is 1.21. The SMILES string of the molecule is COC(=O)C[C@@H]1C(=O)NCCN1C(=O)COc1ccc(N2CCCC2=O)cc1. The van der Waals surface area contributed by atoms with Gasteiger partial charge in [-0.15, -0.1) is 0 Å². The number of hydrogen-bond acceptors (Lipinski definition) is 6. The maximum atomic E-state index is 12.5. The van der Waals surface area contributed by atoms with Gasteiger partial charge in [-0.3, -0.25) is 19.2 Å². The smallest absolute Gasteiger partial charge is 0.308 e. The van der Waals surface area contributed by atoms with Crippen LogP contribution in [0.4, 0.5) is 5.69 Å². The molecule has 0 radical (unpaired) electrons. The molecule has 0 aliphatic carbocycles. The Labute approximate surface area is 162 Å². The maximum Gasteiger partial charge on any atom is 0.308 e. The van der Waals surface area contributed by atoms with E-state index in [9.17, 15) is 19.2 Å². The summed E-state index contributed by atoms with van der Waals surface area (Å²) in [6.45, 7) is 1.06. The Hall–Kier alpha value is -3.10. The Kier molecular flexibility index (Phi) is 6.13. The molecule has 9 nitrogen and oxygen atoms in total. The van der Waals surface area contributed by atoms with E-state index < -0.39 is 12.0 Å². The number of hydrogen-bond donors (Lipinski definition) is 1. The summed E-state index contributed by atoms with van der Waals surface area (Å²) >= 11 is 0. The molecule has 0 bridgehead atoms. The zero-order valence-electron chi connectivity index (χ0n) is 15.7. The Morgan fingerprint density at radius 3 is 2.57 bits per heavy atom. The van der Waals surface area contributed by atoms with Crippen molar-refractivity contribution in [2.24, 2.45) is 0 Å². The van der Waals surface area contributed by atoms with Crippen LogP contribution in [0.1, 0.15) is 19.3 Å². The van der Waals surface area contributed by atoms with Gasteiger partial charge < -0.3 is 24.6 Å². The second-order valence-electron chi connectivity index (χ2n) is 6.61. The molecule has 1 N–H and O–H groups in total. The molecule has 28 heavy (non-hydrogen) atoms. The number of benzene rings is 1. The van der Waals surface area contributed by atoms with Crippen LogP contribution in [0.3, 0.4) is 0 Å². The first-order valence-corrected chi connectivity index (χ1v) is 9.17. The lowest BCUT2D eigenvalue weighted by atomic mass is 10.1. The lowest BCUT2D eigenvalue weighted by Gasteiger charge is -2.34. The van der Waals surface area contributed by atoms with Gasteiger partial charge in [-0.1, -0.05) is 0 Å². The summed E-state index contributed by atoms with van der Waals surface area (Å²) in [5.41, 5.74) is 0.798. The van der Waals surface area contributed by atoms with Crippen LogP contribution in [0.25, 0.3) is 0 Å². The standard InChI is InChI=1S/C19H23N3O6/c1-27-18(25)11-15-19(26)20-8-10-22(15)17(24)12-28-14-6-4-13(5-7-14)21-9-2-3-16(21)23/h4-7,15H,2-3,8-12H2,1H3,(H,20,26)/t15-/m1/s1. The first kappa shape index (κ1) is 19.7. The van der Waals surface area contributed by atoms with E-state index in [0.29, 0.717) is 31.8 Å². The van der Waals surface area contributed by atoms with Gasteiger partial charge in [0.05, 0.1) is 13.5 Å². The van der Waals surface area contributed by atoms with Crippen LogP contribution in [0.2, 0.25) is 0 Å². The van der Waals surface area contributed by atoms with Crippen LogP contribution < -0.4 is 15.0 Å². The molecule has 1 aromatic carbocycles. The molecule has 9 heteroatoms. The van der Waals surface area contributed by atoms with Crippen molar-refractivity contribution in [3.8, 4) is 5.75 Å². The Balaban J connectivity index is 1.58. The quantitative estimate of drug-likeness (QED) is 0.691. The molecular formula is C19H23N3O6. The predicted octanol–water partition coefficient (Wildman–Crippen LogP) is 0.0823. The third kappa shape index (κ3) is 4.41. The first-order valence-electron chi connectivity index (χ1n) is 9.17. The molecule has 3 amide bonds. The number of amides is 3. The number of methoxy groups -OCH3 is 1. The van der Waals surface area contributed by atoms with Crippen molar-refractivity contribution in [2.45, 2.75) is 25.3 Å². The van der Waals surface area contributed by atoms with Gasteiger partial charge >= 0.3 is 5.97 Å². The summed E-state index contributed by atoms with van der Waals surface area (Å²) in [5.74, 6) is -0.751. The van der Waals surface area contributed by atoms with Gasteiger partial charge in [-0.05, 0) is 30.7 Å². The number of carbonyl (C=O) groups excluding carboxylic acids is 4. The number of nitrogens with one attached hydrogen (secondary N) is 1. The molecule has 2 saturated heterocycles. The molecule has 3 rings (SSSR count). The lowest BCUT2D eigenvalue weighted by molar-refractivity contribution is -0.151. The van der Waals surface area contributed by atoms with Gasteiger partial charge in [0.25, 0.3) is 5.91 Å². The Morgan fingerprint density at radius 1 is 1.18 bits per heavy atom. The summed E-state index contributed by atoms with van der Waals surface area (Å²) in [6, 6.07) is 6.04. The van der Waals surface area contributed by atoms with Crippen LogP contribution in [0, 0.1) is 0 Å². The van der Waals surface area contributed by atoms with Crippen LogP contribution in [0.15, 0.2) is 24.3 Å². The van der Waals surface area contributed by atoms with E-state index in [1.165, 1.54) is 12.0 Å². The summed E-state index contributed by atoms with van der Waals surface area (Å²) in [5, 5.41) is 2.64. The van der Waals surface area contributed by atoms with Gasteiger partial charge in [0.15, 0.2) is 6.61 Å². The second kappa shape index (κ2) is 8.73. The largest absolute Gasteiger partial charge is 0.484 e. The zero-order valence-corrected chi connectivity index (χ0v) is 15.7. The van der Waals surface area contributed by atoms with Gasteiger partial charge in [0.2, 0.25) is 11.8 Å². The molecule has 1 aromatic rings. The molecule has 2 aliphatic rings. The third-order valence-corrected chi connectivity index (χ3v) is 4.82. The summed E-state index contributed by atoms with van der Waals surface area (Å²) < 4.78 is 10.1. The van der Waals surface area contributed by atoms with E-state index in [1.54, 1.807) is 29.2 Å². The topological polar surface area (TPSA) is 105 Å². The Bertz CT molecular complexity index is 763.